The van der Waals surface area contributed by atoms with Gasteiger partial charge < -0.3 is 9.88 Å². The number of nitrogens with zero attached hydrogens (tertiary/aromatic N) is 2. The van der Waals surface area contributed by atoms with Crippen LogP contribution in [0.3, 0.4) is 0 Å². The molecule has 0 aliphatic carbocycles. The second kappa shape index (κ2) is 7.09. The highest BCUT2D eigenvalue weighted by Gasteiger charge is 2.38. The lowest BCUT2D eigenvalue weighted by molar-refractivity contribution is -0.0691. The molecule has 1 aliphatic heterocycles. The Hall–Kier alpha value is -2.61. The standard InChI is InChI=1S/C20H18F3N3OS/c1-2-26-11-10-15(20(21,22)23)14-7-5-6-13(18(14)26)12-28(27)19-24-16-8-3-4-9-17(16)25-19/h3-10H,2,11-12H2,1H3,(H,24,25). The highest BCUT2D eigenvalue weighted by Crippen LogP contribution is 2.43. The van der Waals surface area contributed by atoms with Gasteiger partial charge in [0.1, 0.15) is 0 Å². The third-order valence-electron chi connectivity index (χ3n) is 4.80. The minimum Gasteiger partial charge on any atom is -0.367 e. The molecule has 2 heterocycles. The number of H-pyrrole nitrogens is 1. The van der Waals surface area contributed by atoms with Crippen molar-refractivity contribution in [1.29, 1.82) is 0 Å². The average molecular weight is 405 g/mol. The van der Waals surface area contributed by atoms with Crippen molar-refractivity contribution in [3.8, 4) is 0 Å². The van der Waals surface area contributed by atoms with Crippen molar-refractivity contribution in [1.82, 2.24) is 9.97 Å². The number of nitrogens with one attached hydrogen (secondary N) is 1. The molecule has 0 saturated carbocycles. The predicted octanol–water partition coefficient (Wildman–Crippen LogP) is 4.66. The number of allylic oxidation sites excluding steroid dienone is 1. The molecule has 1 unspecified atom stereocenters. The van der Waals surface area contributed by atoms with E-state index in [4.69, 9.17) is 0 Å². The van der Waals surface area contributed by atoms with Crippen molar-refractivity contribution < 1.29 is 17.4 Å². The molecule has 28 heavy (non-hydrogen) atoms. The molecule has 1 aromatic heterocycles. The van der Waals surface area contributed by atoms with E-state index >= 15 is 0 Å². The van der Waals surface area contributed by atoms with Crippen LogP contribution < -0.4 is 4.90 Å². The van der Waals surface area contributed by atoms with Gasteiger partial charge in [0, 0.05) is 24.3 Å². The quantitative estimate of drug-likeness (QED) is 0.687. The van der Waals surface area contributed by atoms with E-state index in [0.29, 0.717) is 28.5 Å². The van der Waals surface area contributed by atoms with Crippen molar-refractivity contribution in [2.45, 2.75) is 24.0 Å². The number of aromatic nitrogens is 2. The van der Waals surface area contributed by atoms with E-state index in [0.717, 1.165) is 5.52 Å². The highest BCUT2D eigenvalue weighted by molar-refractivity contribution is 7.84. The van der Waals surface area contributed by atoms with Crippen LogP contribution in [0.1, 0.15) is 18.1 Å². The molecule has 8 heteroatoms. The van der Waals surface area contributed by atoms with Gasteiger partial charge in [-0.2, -0.15) is 13.2 Å². The number of benzene rings is 2. The molecule has 3 aromatic rings. The van der Waals surface area contributed by atoms with Crippen molar-refractivity contribution in [2.24, 2.45) is 0 Å². The molecule has 0 fully saturated rings. The monoisotopic (exact) mass is 405 g/mol. The second-order valence-electron chi connectivity index (χ2n) is 6.52. The first-order valence-electron chi connectivity index (χ1n) is 8.86. The smallest absolute Gasteiger partial charge is 0.367 e. The van der Waals surface area contributed by atoms with Crippen LogP contribution in [0.25, 0.3) is 16.6 Å². The lowest BCUT2D eigenvalue weighted by Crippen LogP contribution is -2.30. The van der Waals surface area contributed by atoms with Crippen LogP contribution >= 0.6 is 0 Å². The molecule has 0 bridgehead atoms. The Labute approximate surface area is 162 Å². The Morgan fingerprint density at radius 1 is 1.18 bits per heavy atom. The van der Waals surface area contributed by atoms with E-state index in [9.17, 15) is 17.4 Å². The number of rotatable bonds is 4. The van der Waals surface area contributed by atoms with Gasteiger partial charge in [0.15, 0.2) is 5.16 Å². The van der Waals surface area contributed by atoms with E-state index in [1.54, 1.807) is 12.1 Å². The van der Waals surface area contributed by atoms with Crippen LogP contribution in [0.4, 0.5) is 18.9 Å². The fourth-order valence-electron chi connectivity index (χ4n) is 3.50. The van der Waals surface area contributed by atoms with Gasteiger partial charge in [-0.25, -0.2) is 4.98 Å². The van der Waals surface area contributed by atoms with Crippen LogP contribution in [0.5, 0.6) is 0 Å². The zero-order valence-electron chi connectivity index (χ0n) is 15.1. The lowest BCUT2D eigenvalue weighted by atomic mass is 9.95. The number of aromatic amines is 1. The van der Waals surface area contributed by atoms with Crippen molar-refractivity contribution in [3.63, 3.8) is 0 Å². The second-order valence-corrected chi connectivity index (χ2v) is 7.88. The zero-order chi connectivity index (χ0) is 19.9. The summed E-state index contributed by atoms with van der Waals surface area (Å²) in [6, 6.07) is 12.1. The number of likely N-dealkylation sites (N-methyl/N-ethyl adjacent to an activating group) is 1. The van der Waals surface area contributed by atoms with Crippen LogP contribution in [-0.2, 0) is 16.6 Å². The van der Waals surface area contributed by atoms with Crippen LogP contribution in [-0.4, -0.2) is 33.4 Å². The molecular weight excluding hydrogens is 387 g/mol. The number of para-hydroxylation sites is 3. The fourth-order valence-corrected chi connectivity index (χ4v) is 4.58. The van der Waals surface area contributed by atoms with Crippen molar-refractivity contribution >= 4 is 33.1 Å². The van der Waals surface area contributed by atoms with Crippen LogP contribution in [0.15, 0.2) is 53.7 Å². The van der Waals surface area contributed by atoms with Gasteiger partial charge in [-0.05, 0) is 24.6 Å². The summed E-state index contributed by atoms with van der Waals surface area (Å²) >= 11 is 0. The SMILES string of the molecule is CCN1CC=C(C(F)(F)F)c2cccc(CS(=O)c3nc4ccccc4[nH]3)c21. The Kier molecular flexibility index (Phi) is 4.74. The molecule has 4 rings (SSSR count). The normalized spacial score (nSPS) is 15.4. The van der Waals surface area contributed by atoms with E-state index in [1.165, 1.54) is 12.1 Å². The zero-order valence-corrected chi connectivity index (χ0v) is 15.9. The van der Waals surface area contributed by atoms with E-state index in [2.05, 4.69) is 9.97 Å². The Balaban J connectivity index is 1.73. The molecule has 2 aromatic carbocycles. The number of hydrogen-bond acceptors (Lipinski definition) is 3. The van der Waals surface area contributed by atoms with Gasteiger partial charge in [-0.1, -0.05) is 36.4 Å². The van der Waals surface area contributed by atoms with E-state index in [-0.39, 0.29) is 17.9 Å². The maximum atomic E-state index is 13.5. The van der Waals surface area contributed by atoms with Gasteiger partial charge >= 0.3 is 6.18 Å². The molecule has 1 aliphatic rings. The minimum absolute atomic E-state index is 0.0879. The van der Waals surface area contributed by atoms with E-state index in [1.807, 2.05) is 36.1 Å². The highest BCUT2D eigenvalue weighted by atomic mass is 32.2. The molecule has 1 N–H and O–H groups in total. The van der Waals surface area contributed by atoms with E-state index < -0.39 is 22.5 Å². The molecule has 4 nitrogen and oxygen atoms in total. The summed E-state index contributed by atoms with van der Waals surface area (Å²) in [4.78, 5) is 9.26. The minimum atomic E-state index is -4.43. The molecule has 1 atom stereocenters. The van der Waals surface area contributed by atoms with Crippen LogP contribution in [0.2, 0.25) is 0 Å². The number of anilines is 1. The molecule has 0 radical (unpaired) electrons. The maximum absolute atomic E-state index is 13.5. The Bertz CT molecular complexity index is 1050. The summed E-state index contributed by atoms with van der Waals surface area (Å²) in [5.41, 5.74) is 2.11. The Morgan fingerprint density at radius 3 is 2.68 bits per heavy atom. The maximum Gasteiger partial charge on any atom is 0.416 e. The third kappa shape index (κ3) is 3.32. The number of fused-ring (bicyclic) bond motifs is 2. The Morgan fingerprint density at radius 2 is 1.96 bits per heavy atom. The third-order valence-corrected chi connectivity index (χ3v) is 6.00. The molecule has 146 valence electrons. The summed E-state index contributed by atoms with van der Waals surface area (Å²) < 4.78 is 53.3. The first-order chi connectivity index (χ1) is 13.4. The largest absolute Gasteiger partial charge is 0.416 e. The molecule has 0 spiro atoms. The van der Waals surface area contributed by atoms with Crippen LogP contribution in [0, 0.1) is 0 Å². The molecular formula is C20H18F3N3OS. The number of imidazole rings is 1. The molecule has 0 amide bonds. The van der Waals surface area contributed by atoms with Crippen molar-refractivity contribution in [2.75, 3.05) is 18.0 Å². The van der Waals surface area contributed by atoms with Gasteiger partial charge in [0.25, 0.3) is 0 Å². The average Bonchev–Trinajstić information content (AvgIpc) is 3.11. The van der Waals surface area contributed by atoms with Gasteiger partial charge in [-0.3, -0.25) is 4.21 Å². The predicted molar refractivity (Wildman–Crippen MR) is 105 cm³/mol. The van der Waals surface area contributed by atoms with Gasteiger partial charge in [-0.15, -0.1) is 0 Å². The lowest BCUT2D eigenvalue weighted by Gasteiger charge is -2.32. The summed E-state index contributed by atoms with van der Waals surface area (Å²) in [6.45, 7) is 2.62. The fraction of sp³-hybridized carbons (Fsp3) is 0.250. The summed E-state index contributed by atoms with van der Waals surface area (Å²) in [6.07, 6.45) is -3.21. The molecule has 0 saturated heterocycles. The number of alkyl halides is 3. The van der Waals surface area contributed by atoms with Gasteiger partial charge in [0.05, 0.1) is 33.2 Å². The number of hydrogen-bond donors (Lipinski definition) is 1. The summed E-state index contributed by atoms with van der Waals surface area (Å²) in [7, 11) is -1.51. The summed E-state index contributed by atoms with van der Waals surface area (Å²) in [5, 5.41) is 0.323. The number of halogens is 3. The van der Waals surface area contributed by atoms with Gasteiger partial charge in [0.2, 0.25) is 0 Å². The topological polar surface area (TPSA) is 49.0 Å². The van der Waals surface area contributed by atoms with Crippen molar-refractivity contribution in [3.05, 3.63) is 59.7 Å². The summed E-state index contributed by atoms with van der Waals surface area (Å²) in [5.74, 6) is 0.0879. The first kappa shape index (κ1) is 18.7. The first-order valence-corrected chi connectivity index (χ1v) is 10.2.